The summed E-state index contributed by atoms with van der Waals surface area (Å²) in [6, 6.07) is -0.906. The van der Waals surface area contributed by atoms with E-state index >= 15 is 0 Å². The standard InChI is InChI=1S/C12H24N2O3/c1-5-6-7-8-13-12(16)14-10(9(2)3)11(15)17-4/h9-10H,5-8H2,1-4H3,(H2,13,14,16). The number of hydrogen-bond acceptors (Lipinski definition) is 3. The van der Waals surface area contributed by atoms with E-state index in [0.29, 0.717) is 6.54 Å². The van der Waals surface area contributed by atoms with Gasteiger partial charge in [-0.25, -0.2) is 9.59 Å². The van der Waals surface area contributed by atoms with E-state index in [1.54, 1.807) is 0 Å². The highest BCUT2D eigenvalue weighted by Gasteiger charge is 2.24. The molecule has 17 heavy (non-hydrogen) atoms. The van der Waals surface area contributed by atoms with E-state index in [-0.39, 0.29) is 11.9 Å². The number of esters is 1. The van der Waals surface area contributed by atoms with Gasteiger partial charge < -0.3 is 15.4 Å². The number of carbonyl (C=O) groups excluding carboxylic acids is 2. The highest BCUT2D eigenvalue weighted by Crippen LogP contribution is 2.03. The molecule has 0 rings (SSSR count). The second-order valence-electron chi connectivity index (χ2n) is 4.35. The monoisotopic (exact) mass is 244 g/mol. The molecular weight excluding hydrogens is 220 g/mol. The lowest BCUT2D eigenvalue weighted by atomic mass is 10.1. The molecule has 0 bridgehead atoms. The van der Waals surface area contributed by atoms with Crippen LogP contribution < -0.4 is 10.6 Å². The third-order valence-corrected chi connectivity index (χ3v) is 2.47. The third-order valence-electron chi connectivity index (χ3n) is 2.47. The van der Waals surface area contributed by atoms with Gasteiger partial charge in [-0.3, -0.25) is 0 Å². The van der Waals surface area contributed by atoms with E-state index in [1.165, 1.54) is 7.11 Å². The summed E-state index contributed by atoms with van der Waals surface area (Å²) in [6.07, 6.45) is 3.15. The summed E-state index contributed by atoms with van der Waals surface area (Å²) in [5.74, 6) is -0.410. The number of urea groups is 1. The van der Waals surface area contributed by atoms with Gasteiger partial charge >= 0.3 is 12.0 Å². The van der Waals surface area contributed by atoms with Crippen LogP contribution in [0, 0.1) is 5.92 Å². The minimum absolute atomic E-state index is 0.00356. The van der Waals surface area contributed by atoms with Crippen LogP contribution in [-0.2, 0) is 9.53 Å². The number of nitrogens with one attached hydrogen (secondary N) is 2. The number of rotatable bonds is 7. The Kier molecular flexibility index (Phi) is 8.19. The van der Waals surface area contributed by atoms with E-state index in [4.69, 9.17) is 0 Å². The molecule has 0 saturated heterocycles. The second-order valence-corrected chi connectivity index (χ2v) is 4.35. The molecule has 2 N–H and O–H groups in total. The van der Waals surface area contributed by atoms with Gasteiger partial charge in [0.1, 0.15) is 6.04 Å². The fraction of sp³-hybridized carbons (Fsp3) is 0.833. The van der Waals surface area contributed by atoms with Gasteiger partial charge in [-0.1, -0.05) is 33.6 Å². The molecule has 5 heteroatoms. The lowest BCUT2D eigenvalue weighted by Crippen LogP contribution is -2.49. The molecule has 2 amide bonds. The van der Waals surface area contributed by atoms with Gasteiger partial charge in [0.15, 0.2) is 0 Å². The molecule has 100 valence electrons. The number of unbranched alkanes of at least 4 members (excludes halogenated alkanes) is 2. The van der Waals surface area contributed by atoms with Crippen molar-refractivity contribution < 1.29 is 14.3 Å². The maximum atomic E-state index is 11.5. The van der Waals surface area contributed by atoms with Crippen molar-refractivity contribution in [2.45, 2.75) is 46.1 Å². The van der Waals surface area contributed by atoms with Crippen molar-refractivity contribution in [2.75, 3.05) is 13.7 Å². The van der Waals surface area contributed by atoms with Crippen LogP contribution in [0.1, 0.15) is 40.0 Å². The summed E-state index contributed by atoms with van der Waals surface area (Å²) in [7, 11) is 1.32. The van der Waals surface area contributed by atoms with Crippen molar-refractivity contribution in [3.8, 4) is 0 Å². The lowest BCUT2D eigenvalue weighted by molar-refractivity contribution is -0.143. The van der Waals surface area contributed by atoms with Crippen LogP contribution >= 0.6 is 0 Å². The molecule has 0 saturated carbocycles. The van der Waals surface area contributed by atoms with Crippen LogP contribution in [0.3, 0.4) is 0 Å². The number of carbonyl (C=O) groups is 2. The third kappa shape index (κ3) is 6.81. The maximum Gasteiger partial charge on any atom is 0.328 e. The quantitative estimate of drug-likeness (QED) is 0.529. The normalized spacial score (nSPS) is 12.1. The fourth-order valence-electron chi connectivity index (χ4n) is 1.39. The molecule has 0 aromatic heterocycles. The van der Waals surface area contributed by atoms with E-state index in [2.05, 4.69) is 22.3 Å². The molecule has 0 fully saturated rings. The van der Waals surface area contributed by atoms with Crippen LogP contribution in [0.15, 0.2) is 0 Å². The van der Waals surface area contributed by atoms with E-state index in [0.717, 1.165) is 19.3 Å². The van der Waals surface area contributed by atoms with Gasteiger partial charge in [0, 0.05) is 6.54 Å². The molecule has 5 nitrogen and oxygen atoms in total. The van der Waals surface area contributed by atoms with Crippen molar-refractivity contribution in [3.05, 3.63) is 0 Å². The summed E-state index contributed by atoms with van der Waals surface area (Å²) in [5.41, 5.74) is 0. The summed E-state index contributed by atoms with van der Waals surface area (Å²) < 4.78 is 4.64. The molecule has 0 aromatic carbocycles. The Morgan fingerprint density at radius 3 is 2.35 bits per heavy atom. The van der Waals surface area contributed by atoms with Gasteiger partial charge in [0.05, 0.1) is 7.11 Å². The first-order valence-electron chi connectivity index (χ1n) is 6.15. The number of amides is 2. The number of methoxy groups -OCH3 is 1. The molecule has 0 spiro atoms. The smallest absolute Gasteiger partial charge is 0.328 e. The van der Waals surface area contributed by atoms with E-state index in [1.807, 2.05) is 13.8 Å². The van der Waals surface area contributed by atoms with Crippen LogP contribution in [0.2, 0.25) is 0 Å². The van der Waals surface area contributed by atoms with E-state index < -0.39 is 12.0 Å². The Hall–Kier alpha value is -1.26. The van der Waals surface area contributed by atoms with Crippen LogP contribution in [0.4, 0.5) is 4.79 Å². The van der Waals surface area contributed by atoms with Crippen molar-refractivity contribution in [1.82, 2.24) is 10.6 Å². The minimum atomic E-state index is -0.592. The summed E-state index contributed by atoms with van der Waals surface area (Å²) >= 11 is 0. The Morgan fingerprint density at radius 1 is 1.24 bits per heavy atom. The minimum Gasteiger partial charge on any atom is -0.467 e. The molecule has 0 radical (unpaired) electrons. The largest absolute Gasteiger partial charge is 0.467 e. The first kappa shape index (κ1) is 15.7. The summed E-state index contributed by atoms with van der Waals surface area (Å²) in [6.45, 7) is 6.45. The molecule has 0 aromatic rings. The van der Waals surface area contributed by atoms with Crippen molar-refractivity contribution in [1.29, 1.82) is 0 Å². The van der Waals surface area contributed by atoms with Crippen molar-refractivity contribution in [3.63, 3.8) is 0 Å². The second kappa shape index (κ2) is 8.84. The van der Waals surface area contributed by atoms with Gasteiger partial charge in [-0.05, 0) is 12.3 Å². The zero-order valence-electron chi connectivity index (χ0n) is 11.2. The molecule has 0 aliphatic carbocycles. The molecule has 1 unspecified atom stereocenters. The van der Waals surface area contributed by atoms with Crippen LogP contribution in [-0.4, -0.2) is 31.7 Å². The zero-order valence-corrected chi connectivity index (χ0v) is 11.2. The SMILES string of the molecule is CCCCCNC(=O)NC(C(=O)OC)C(C)C. The molecule has 0 aliphatic rings. The Bertz CT molecular complexity index is 242. The highest BCUT2D eigenvalue weighted by atomic mass is 16.5. The Labute approximate surface area is 103 Å². The van der Waals surface area contributed by atoms with Gasteiger partial charge in [-0.15, -0.1) is 0 Å². The van der Waals surface area contributed by atoms with Gasteiger partial charge in [0.2, 0.25) is 0 Å². The number of ether oxygens (including phenoxy) is 1. The molecule has 0 aliphatic heterocycles. The molecule has 1 atom stereocenters. The Balaban J connectivity index is 4.00. The summed E-state index contributed by atoms with van der Waals surface area (Å²) in [5, 5.41) is 5.34. The fourth-order valence-corrected chi connectivity index (χ4v) is 1.39. The first-order chi connectivity index (χ1) is 8.02. The van der Waals surface area contributed by atoms with Crippen molar-refractivity contribution in [2.24, 2.45) is 5.92 Å². The Morgan fingerprint density at radius 2 is 1.88 bits per heavy atom. The zero-order chi connectivity index (χ0) is 13.3. The number of hydrogen-bond donors (Lipinski definition) is 2. The lowest BCUT2D eigenvalue weighted by Gasteiger charge is -2.19. The highest BCUT2D eigenvalue weighted by molar-refractivity contribution is 5.83. The average molecular weight is 244 g/mol. The maximum absolute atomic E-state index is 11.5. The first-order valence-corrected chi connectivity index (χ1v) is 6.15. The molecule has 0 heterocycles. The van der Waals surface area contributed by atoms with Crippen LogP contribution in [0.25, 0.3) is 0 Å². The predicted molar refractivity (Wildman–Crippen MR) is 66.7 cm³/mol. The van der Waals surface area contributed by atoms with Gasteiger partial charge in [-0.2, -0.15) is 0 Å². The predicted octanol–water partition coefficient (Wildman–Crippen LogP) is 1.67. The van der Waals surface area contributed by atoms with E-state index in [9.17, 15) is 9.59 Å². The van der Waals surface area contributed by atoms with Crippen molar-refractivity contribution >= 4 is 12.0 Å². The van der Waals surface area contributed by atoms with Crippen LogP contribution in [0.5, 0.6) is 0 Å². The topological polar surface area (TPSA) is 67.4 Å². The van der Waals surface area contributed by atoms with Gasteiger partial charge in [0.25, 0.3) is 0 Å². The molecular formula is C12H24N2O3. The average Bonchev–Trinajstić information content (AvgIpc) is 2.30. The summed E-state index contributed by atoms with van der Waals surface area (Å²) in [4.78, 5) is 22.9.